The molecule has 1 heterocycles. The lowest BCUT2D eigenvalue weighted by atomic mass is 10.1. The highest BCUT2D eigenvalue weighted by Crippen LogP contribution is 2.26. The number of ether oxygens (including phenoxy) is 1. The maximum absolute atomic E-state index is 12.2. The summed E-state index contributed by atoms with van der Waals surface area (Å²) in [5, 5.41) is 7.67. The highest BCUT2D eigenvalue weighted by Gasteiger charge is 2.07. The SMILES string of the molecule is Cc1ccc(Cl)c(OCc2ccc(C(=O)NCc3ccn(C)n3)cc2)c1. The van der Waals surface area contributed by atoms with Crippen LogP contribution in [0.5, 0.6) is 5.75 Å². The highest BCUT2D eigenvalue weighted by atomic mass is 35.5. The minimum absolute atomic E-state index is 0.134. The second kappa shape index (κ2) is 8.06. The molecule has 134 valence electrons. The largest absolute Gasteiger partial charge is 0.487 e. The van der Waals surface area contributed by atoms with Crippen LogP contribution in [0.1, 0.15) is 27.2 Å². The molecule has 1 aromatic heterocycles. The normalized spacial score (nSPS) is 10.6. The fraction of sp³-hybridized carbons (Fsp3) is 0.200. The van der Waals surface area contributed by atoms with Crippen LogP contribution in [0.2, 0.25) is 5.02 Å². The van der Waals surface area contributed by atoms with Crippen molar-refractivity contribution in [2.45, 2.75) is 20.1 Å². The molecule has 0 aliphatic carbocycles. The van der Waals surface area contributed by atoms with Gasteiger partial charge in [-0.25, -0.2) is 0 Å². The standard InChI is InChI=1S/C20H20ClN3O2/c1-14-3-8-18(21)19(11-14)26-13-15-4-6-16(7-5-15)20(25)22-12-17-9-10-24(2)23-17/h3-11H,12-13H2,1-2H3,(H,22,25). The van der Waals surface area contributed by atoms with E-state index >= 15 is 0 Å². The van der Waals surface area contributed by atoms with Crippen LogP contribution in [0.4, 0.5) is 0 Å². The quantitative estimate of drug-likeness (QED) is 0.717. The van der Waals surface area contributed by atoms with Crippen LogP contribution in [0.15, 0.2) is 54.7 Å². The number of carbonyl (C=O) groups is 1. The van der Waals surface area contributed by atoms with Crippen LogP contribution in [-0.2, 0) is 20.2 Å². The van der Waals surface area contributed by atoms with Gasteiger partial charge in [-0.2, -0.15) is 5.10 Å². The van der Waals surface area contributed by atoms with Gasteiger partial charge in [0.25, 0.3) is 5.91 Å². The number of hydrogen-bond acceptors (Lipinski definition) is 3. The molecular weight excluding hydrogens is 350 g/mol. The maximum Gasteiger partial charge on any atom is 0.251 e. The third kappa shape index (κ3) is 4.64. The number of halogens is 1. The number of amides is 1. The van der Waals surface area contributed by atoms with Crippen molar-refractivity contribution in [2.24, 2.45) is 7.05 Å². The smallest absolute Gasteiger partial charge is 0.251 e. The fourth-order valence-corrected chi connectivity index (χ4v) is 2.64. The predicted molar refractivity (Wildman–Crippen MR) is 101 cm³/mol. The molecule has 0 saturated carbocycles. The average Bonchev–Trinajstić information content (AvgIpc) is 3.06. The Kier molecular flexibility index (Phi) is 5.58. The Bertz CT molecular complexity index is 904. The van der Waals surface area contributed by atoms with Gasteiger partial charge in [-0.15, -0.1) is 0 Å². The summed E-state index contributed by atoms with van der Waals surface area (Å²) in [5.41, 5.74) is 3.47. The van der Waals surface area contributed by atoms with Crippen LogP contribution in [0, 0.1) is 6.92 Å². The van der Waals surface area contributed by atoms with Gasteiger partial charge >= 0.3 is 0 Å². The topological polar surface area (TPSA) is 56.1 Å². The number of hydrogen-bond donors (Lipinski definition) is 1. The first-order chi connectivity index (χ1) is 12.5. The van der Waals surface area contributed by atoms with Crippen molar-refractivity contribution in [2.75, 3.05) is 0 Å². The highest BCUT2D eigenvalue weighted by molar-refractivity contribution is 6.32. The molecule has 5 nitrogen and oxygen atoms in total. The zero-order valence-corrected chi connectivity index (χ0v) is 15.5. The van der Waals surface area contributed by atoms with Crippen molar-refractivity contribution >= 4 is 17.5 Å². The van der Waals surface area contributed by atoms with Crippen molar-refractivity contribution in [3.8, 4) is 5.75 Å². The summed E-state index contributed by atoms with van der Waals surface area (Å²) in [5.74, 6) is 0.522. The number of nitrogens with zero attached hydrogens (tertiary/aromatic N) is 2. The van der Waals surface area contributed by atoms with E-state index in [1.54, 1.807) is 16.8 Å². The Morgan fingerprint density at radius 3 is 2.65 bits per heavy atom. The van der Waals surface area contributed by atoms with E-state index in [1.807, 2.05) is 56.6 Å². The summed E-state index contributed by atoms with van der Waals surface area (Å²) < 4.78 is 7.47. The Hall–Kier alpha value is -2.79. The summed E-state index contributed by atoms with van der Waals surface area (Å²) in [7, 11) is 1.84. The van der Waals surface area contributed by atoms with Gasteiger partial charge in [-0.1, -0.05) is 29.8 Å². The summed E-state index contributed by atoms with van der Waals surface area (Å²) in [6.07, 6.45) is 1.84. The lowest BCUT2D eigenvalue weighted by Gasteiger charge is -2.09. The molecule has 0 aliphatic rings. The first-order valence-corrected chi connectivity index (χ1v) is 8.63. The second-order valence-corrected chi connectivity index (χ2v) is 6.49. The lowest BCUT2D eigenvalue weighted by Crippen LogP contribution is -2.23. The van der Waals surface area contributed by atoms with E-state index in [0.717, 1.165) is 16.8 Å². The van der Waals surface area contributed by atoms with Gasteiger partial charge in [-0.05, 0) is 48.4 Å². The van der Waals surface area contributed by atoms with Gasteiger partial charge in [0.05, 0.1) is 17.3 Å². The van der Waals surface area contributed by atoms with Crippen LogP contribution in [-0.4, -0.2) is 15.7 Å². The van der Waals surface area contributed by atoms with Crippen molar-refractivity contribution in [1.82, 2.24) is 15.1 Å². The maximum atomic E-state index is 12.2. The first-order valence-electron chi connectivity index (χ1n) is 8.26. The number of carbonyl (C=O) groups excluding carboxylic acids is 1. The van der Waals surface area contributed by atoms with Crippen LogP contribution >= 0.6 is 11.6 Å². The van der Waals surface area contributed by atoms with Gasteiger partial charge in [0.15, 0.2) is 0 Å². The molecule has 0 aliphatic heterocycles. The lowest BCUT2D eigenvalue weighted by molar-refractivity contribution is 0.0950. The van der Waals surface area contributed by atoms with Crippen LogP contribution in [0.3, 0.4) is 0 Å². The molecule has 0 spiro atoms. The van der Waals surface area contributed by atoms with Crippen LogP contribution in [0.25, 0.3) is 0 Å². The number of nitrogens with one attached hydrogen (secondary N) is 1. The molecule has 3 aromatic rings. The Morgan fingerprint density at radius 1 is 1.19 bits per heavy atom. The Morgan fingerprint density at radius 2 is 1.96 bits per heavy atom. The van der Waals surface area contributed by atoms with E-state index < -0.39 is 0 Å². The van der Waals surface area contributed by atoms with Gasteiger partial charge < -0.3 is 10.1 Å². The first kappa shape index (κ1) is 18.0. The number of aryl methyl sites for hydroxylation is 2. The minimum Gasteiger partial charge on any atom is -0.487 e. The third-order valence-corrected chi connectivity index (χ3v) is 4.21. The minimum atomic E-state index is -0.134. The van der Waals surface area contributed by atoms with Gasteiger partial charge in [-0.3, -0.25) is 9.48 Å². The summed E-state index contributed by atoms with van der Waals surface area (Å²) in [6.45, 7) is 2.77. The van der Waals surface area contributed by atoms with E-state index in [9.17, 15) is 4.79 Å². The van der Waals surface area contributed by atoms with Gasteiger partial charge in [0.1, 0.15) is 12.4 Å². The Labute approximate surface area is 157 Å². The average molecular weight is 370 g/mol. The molecular formula is C20H20ClN3O2. The zero-order valence-electron chi connectivity index (χ0n) is 14.7. The van der Waals surface area contributed by atoms with E-state index in [2.05, 4.69) is 10.4 Å². The summed E-state index contributed by atoms with van der Waals surface area (Å²) >= 11 is 6.13. The molecule has 1 amide bonds. The third-order valence-electron chi connectivity index (χ3n) is 3.90. The second-order valence-electron chi connectivity index (χ2n) is 6.08. The van der Waals surface area contributed by atoms with Gasteiger partial charge in [0.2, 0.25) is 0 Å². The van der Waals surface area contributed by atoms with Crippen LogP contribution < -0.4 is 10.1 Å². The van der Waals surface area contributed by atoms with E-state index in [0.29, 0.717) is 29.5 Å². The Balaban J connectivity index is 1.55. The van der Waals surface area contributed by atoms with Crippen molar-refractivity contribution in [3.63, 3.8) is 0 Å². The molecule has 0 bridgehead atoms. The molecule has 6 heteroatoms. The van der Waals surface area contributed by atoms with E-state index in [-0.39, 0.29) is 5.91 Å². The molecule has 1 N–H and O–H groups in total. The van der Waals surface area contributed by atoms with E-state index in [1.165, 1.54) is 0 Å². The van der Waals surface area contributed by atoms with Crippen molar-refractivity contribution in [1.29, 1.82) is 0 Å². The summed E-state index contributed by atoms with van der Waals surface area (Å²) in [4.78, 5) is 12.2. The predicted octanol–water partition coefficient (Wildman–Crippen LogP) is 3.89. The fourth-order valence-electron chi connectivity index (χ4n) is 2.46. The molecule has 0 unspecified atom stereocenters. The number of aromatic nitrogens is 2. The molecule has 0 saturated heterocycles. The molecule has 3 rings (SSSR count). The molecule has 0 radical (unpaired) electrons. The molecule has 26 heavy (non-hydrogen) atoms. The monoisotopic (exact) mass is 369 g/mol. The molecule has 0 atom stereocenters. The van der Waals surface area contributed by atoms with Crippen molar-refractivity contribution < 1.29 is 9.53 Å². The van der Waals surface area contributed by atoms with Gasteiger partial charge in [0, 0.05) is 18.8 Å². The van der Waals surface area contributed by atoms with E-state index in [4.69, 9.17) is 16.3 Å². The summed E-state index contributed by atoms with van der Waals surface area (Å²) in [6, 6.07) is 14.8. The number of benzene rings is 2. The molecule has 2 aromatic carbocycles. The van der Waals surface area contributed by atoms with Crippen molar-refractivity contribution in [3.05, 3.63) is 82.1 Å². The zero-order chi connectivity index (χ0) is 18.5. The number of rotatable bonds is 6. The molecule has 0 fully saturated rings.